The number of likely N-dealkylation sites (N-methyl/N-ethyl adjacent to an activating group) is 1. The fourth-order valence-electron chi connectivity index (χ4n) is 3.57. The molecule has 7 nitrogen and oxygen atoms in total. The van der Waals surface area contributed by atoms with E-state index in [2.05, 4.69) is 4.98 Å². The van der Waals surface area contributed by atoms with Crippen LogP contribution in [-0.4, -0.2) is 58.8 Å². The van der Waals surface area contributed by atoms with E-state index in [9.17, 15) is 14.7 Å². The highest BCUT2D eigenvalue weighted by molar-refractivity contribution is 6.46. The van der Waals surface area contributed by atoms with E-state index in [1.165, 1.54) is 11.2 Å². The van der Waals surface area contributed by atoms with Crippen molar-refractivity contribution in [2.45, 2.75) is 6.04 Å². The predicted molar refractivity (Wildman–Crippen MR) is 105 cm³/mol. The summed E-state index contributed by atoms with van der Waals surface area (Å²) in [6, 6.07) is 10.1. The van der Waals surface area contributed by atoms with Gasteiger partial charge in [-0.2, -0.15) is 0 Å². The molecule has 1 amide bonds. The Kier molecular flexibility index (Phi) is 4.52. The Hall–Kier alpha value is -3.32. The van der Waals surface area contributed by atoms with Gasteiger partial charge >= 0.3 is 0 Å². The highest BCUT2D eigenvalue weighted by atomic mass is 16.3. The van der Waals surface area contributed by atoms with Crippen molar-refractivity contribution in [1.82, 2.24) is 14.8 Å². The zero-order chi connectivity index (χ0) is 19.8. The van der Waals surface area contributed by atoms with Crippen LogP contribution in [0, 0.1) is 0 Å². The minimum Gasteiger partial charge on any atom is -0.507 e. The van der Waals surface area contributed by atoms with Crippen molar-refractivity contribution in [1.29, 1.82) is 0 Å². The van der Waals surface area contributed by atoms with Gasteiger partial charge in [0.2, 0.25) is 0 Å². The summed E-state index contributed by atoms with van der Waals surface area (Å²) in [4.78, 5) is 32.1. The predicted octanol–water partition coefficient (Wildman–Crippen LogP) is 2.74. The van der Waals surface area contributed by atoms with Crippen LogP contribution in [0.5, 0.6) is 0 Å². The Bertz CT molecular complexity index is 1060. The Labute approximate surface area is 161 Å². The summed E-state index contributed by atoms with van der Waals surface area (Å²) in [7, 11) is 3.79. The second-order valence-corrected chi connectivity index (χ2v) is 7.06. The number of furan rings is 1. The van der Waals surface area contributed by atoms with E-state index in [4.69, 9.17) is 4.42 Å². The smallest absolute Gasteiger partial charge is 0.295 e. The summed E-state index contributed by atoms with van der Waals surface area (Å²) < 4.78 is 5.52. The number of aliphatic hydroxyl groups excluding tert-OH is 1. The largest absolute Gasteiger partial charge is 0.507 e. The second-order valence-electron chi connectivity index (χ2n) is 7.06. The van der Waals surface area contributed by atoms with Gasteiger partial charge < -0.3 is 24.3 Å². The topological polar surface area (TPSA) is 89.8 Å². The molecule has 1 saturated heterocycles. The number of hydrogen-bond donors (Lipinski definition) is 2. The molecule has 1 aromatic carbocycles. The van der Waals surface area contributed by atoms with Crippen LogP contribution < -0.4 is 0 Å². The molecular weight excluding hydrogens is 358 g/mol. The van der Waals surface area contributed by atoms with Crippen LogP contribution in [0.2, 0.25) is 0 Å². The molecule has 1 aliphatic rings. The van der Waals surface area contributed by atoms with Crippen molar-refractivity contribution in [3.63, 3.8) is 0 Å². The van der Waals surface area contributed by atoms with Crippen LogP contribution in [-0.2, 0) is 9.59 Å². The van der Waals surface area contributed by atoms with Gasteiger partial charge in [-0.05, 0) is 32.3 Å². The number of aromatic nitrogens is 1. The number of aromatic amines is 1. The van der Waals surface area contributed by atoms with E-state index in [0.717, 1.165) is 10.9 Å². The molecule has 4 rings (SSSR count). The number of para-hydroxylation sites is 1. The van der Waals surface area contributed by atoms with Gasteiger partial charge in [0.05, 0.1) is 11.8 Å². The summed E-state index contributed by atoms with van der Waals surface area (Å²) in [5.41, 5.74) is 1.36. The zero-order valence-corrected chi connectivity index (χ0v) is 15.7. The lowest BCUT2D eigenvalue weighted by molar-refractivity contribution is -0.140. The van der Waals surface area contributed by atoms with Gasteiger partial charge in [-0.15, -0.1) is 0 Å². The number of likely N-dealkylation sites (tertiary alicyclic amines) is 1. The van der Waals surface area contributed by atoms with Crippen molar-refractivity contribution >= 4 is 28.4 Å². The number of carbonyl (C=O) groups is 2. The van der Waals surface area contributed by atoms with Gasteiger partial charge in [0.15, 0.2) is 0 Å². The summed E-state index contributed by atoms with van der Waals surface area (Å²) in [6.45, 7) is 0.922. The van der Waals surface area contributed by atoms with Crippen molar-refractivity contribution in [2.24, 2.45) is 0 Å². The normalized spacial score (nSPS) is 19.2. The summed E-state index contributed by atoms with van der Waals surface area (Å²) >= 11 is 0. The van der Waals surface area contributed by atoms with Crippen molar-refractivity contribution < 1.29 is 19.1 Å². The van der Waals surface area contributed by atoms with Crippen LogP contribution in [0.15, 0.2) is 58.8 Å². The standard InChI is InChI=1S/C21H21N3O4/c1-23(2)9-10-24-18(16-8-5-11-28-16)17(20(26)21(24)27)19(25)14-12-22-15-7-4-3-6-13(14)15/h3-8,11-12,18,22,25H,9-10H2,1-2H3. The summed E-state index contributed by atoms with van der Waals surface area (Å²) in [6.07, 6.45) is 3.14. The molecule has 7 heteroatoms. The molecular formula is C21H21N3O4. The monoisotopic (exact) mass is 379 g/mol. The lowest BCUT2D eigenvalue weighted by Gasteiger charge is -2.24. The fraction of sp³-hybridized carbons (Fsp3) is 0.238. The SMILES string of the molecule is CN(C)CCN1C(=O)C(=O)C(=C(O)c2c[nH]c3ccccc23)C1c1ccco1. The zero-order valence-electron chi connectivity index (χ0n) is 15.7. The lowest BCUT2D eigenvalue weighted by atomic mass is 9.99. The number of hydrogen-bond acceptors (Lipinski definition) is 5. The minimum absolute atomic E-state index is 0.0449. The van der Waals surface area contributed by atoms with Crippen molar-refractivity contribution in [3.05, 3.63) is 65.8 Å². The first kappa shape index (κ1) is 18.1. The number of rotatable bonds is 5. The Morgan fingerprint density at radius 2 is 2.00 bits per heavy atom. The van der Waals surface area contributed by atoms with Gasteiger partial charge in [-0.3, -0.25) is 9.59 Å². The number of carbonyl (C=O) groups excluding carboxylic acids is 2. The molecule has 0 bridgehead atoms. The number of fused-ring (bicyclic) bond motifs is 1. The van der Waals surface area contributed by atoms with Crippen molar-refractivity contribution in [2.75, 3.05) is 27.2 Å². The summed E-state index contributed by atoms with van der Waals surface area (Å²) in [5, 5.41) is 11.8. The third-order valence-corrected chi connectivity index (χ3v) is 4.99. The molecule has 1 atom stereocenters. The first-order chi connectivity index (χ1) is 13.5. The van der Waals surface area contributed by atoms with Crippen molar-refractivity contribution in [3.8, 4) is 0 Å². The van der Waals surface area contributed by atoms with E-state index in [0.29, 0.717) is 24.4 Å². The number of benzene rings is 1. The third-order valence-electron chi connectivity index (χ3n) is 4.99. The minimum atomic E-state index is -0.761. The Balaban J connectivity index is 1.86. The van der Waals surface area contributed by atoms with Crippen LogP contribution in [0.4, 0.5) is 0 Å². The Morgan fingerprint density at radius 3 is 2.71 bits per heavy atom. The first-order valence-corrected chi connectivity index (χ1v) is 9.02. The van der Waals surface area contributed by atoms with Gasteiger partial charge in [-0.1, -0.05) is 18.2 Å². The third kappa shape index (κ3) is 2.90. The van der Waals surface area contributed by atoms with Gasteiger partial charge in [0.1, 0.15) is 17.6 Å². The van der Waals surface area contributed by atoms with E-state index in [1.54, 1.807) is 18.3 Å². The van der Waals surface area contributed by atoms with Gasteiger partial charge in [0, 0.05) is 35.8 Å². The molecule has 144 valence electrons. The molecule has 0 radical (unpaired) electrons. The van der Waals surface area contributed by atoms with Crippen LogP contribution in [0.25, 0.3) is 16.7 Å². The number of Topliss-reactive ketones (excluding diaryl/α,β-unsaturated/α-hetero) is 1. The molecule has 1 fully saturated rings. The molecule has 3 heterocycles. The number of nitrogens with one attached hydrogen (secondary N) is 1. The number of H-pyrrole nitrogens is 1. The quantitative estimate of drug-likeness (QED) is 0.404. The maximum atomic E-state index is 12.9. The number of nitrogens with zero attached hydrogens (tertiary/aromatic N) is 2. The fourth-order valence-corrected chi connectivity index (χ4v) is 3.57. The average Bonchev–Trinajstić information content (AvgIpc) is 3.39. The van der Waals surface area contributed by atoms with E-state index in [1.807, 2.05) is 43.3 Å². The molecule has 0 saturated carbocycles. The maximum absolute atomic E-state index is 12.9. The summed E-state index contributed by atoms with van der Waals surface area (Å²) in [5.74, 6) is -1.10. The molecule has 1 unspecified atom stereocenters. The van der Waals surface area contributed by atoms with E-state index < -0.39 is 17.7 Å². The molecule has 0 spiro atoms. The second kappa shape index (κ2) is 7.01. The lowest BCUT2D eigenvalue weighted by Crippen LogP contribution is -2.35. The molecule has 3 aromatic rings. The van der Waals surface area contributed by atoms with Crippen LogP contribution in [0.3, 0.4) is 0 Å². The molecule has 2 aromatic heterocycles. The van der Waals surface area contributed by atoms with E-state index >= 15 is 0 Å². The Morgan fingerprint density at radius 1 is 1.21 bits per heavy atom. The molecule has 2 N–H and O–H groups in total. The highest BCUT2D eigenvalue weighted by Gasteiger charge is 2.47. The molecule has 28 heavy (non-hydrogen) atoms. The number of amides is 1. The van der Waals surface area contributed by atoms with Gasteiger partial charge in [-0.25, -0.2) is 0 Å². The van der Waals surface area contributed by atoms with Crippen LogP contribution >= 0.6 is 0 Å². The molecule has 0 aliphatic carbocycles. The number of ketones is 1. The maximum Gasteiger partial charge on any atom is 0.295 e. The number of aliphatic hydroxyl groups is 1. The van der Waals surface area contributed by atoms with Gasteiger partial charge in [0.25, 0.3) is 11.7 Å². The first-order valence-electron chi connectivity index (χ1n) is 9.02. The highest BCUT2D eigenvalue weighted by Crippen LogP contribution is 2.40. The average molecular weight is 379 g/mol. The molecule has 1 aliphatic heterocycles. The van der Waals surface area contributed by atoms with E-state index in [-0.39, 0.29) is 11.3 Å². The van der Waals surface area contributed by atoms with Crippen LogP contribution in [0.1, 0.15) is 17.4 Å².